The van der Waals surface area contributed by atoms with E-state index < -0.39 is 0 Å². The highest BCUT2D eigenvalue weighted by molar-refractivity contribution is 6.32. The molecule has 9 nitrogen and oxygen atoms in total. The Morgan fingerprint density at radius 3 is 2.87 bits per heavy atom. The standard InChI is InChI=1S/C20H22ClN7O2/c1-28-20(29)17-14(24-13-7-4-6-12(21)18(13)30-2)9-16(26-19(17)27-28)25-15-8-3-5-11(10-22)23-15/h3-8,14,16-17,19,24,26-27H,9H2,1-2H3,(H,23,25). The monoisotopic (exact) mass is 427 g/mol. The molecular formula is C20H22ClN7O2. The molecule has 0 spiro atoms. The minimum Gasteiger partial charge on any atom is -0.493 e. The van der Waals surface area contributed by atoms with Gasteiger partial charge in [-0.3, -0.25) is 15.1 Å². The van der Waals surface area contributed by atoms with Crippen LogP contribution in [0.4, 0.5) is 11.5 Å². The van der Waals surface area contributed by atoms with Gasteiger partial charge in [0, 0.05) is 19.5 Å². The Bertz CT molecular complexity index is 995. The number of hydrazine groups is 1. The average Bonchev–Trinajstić information content (AvgIpc) is 3.02. The Labute approximate surface area is 179 Å². The zero-order chi connectivity index (χ0) is 21.3. The van der Waals surface area contributed by atoms with Crippen LogP contribution in [0, 0.1) is 17.2 Å². The van der Waals surface area contributed by atoms with E-state index in [1.807, 2.05) is 18.2 Å². The van der Waals surface area contributed by atoms with Crippen LogP contribution in [0.15, 0.2) is 36.4 Å². The number of fused-ring (bicyclic) bond motifs is 1. The van der Waals surface area contributed by atoms with Gasteiger partial charge in [0.2, 0.25) is 5.91 Å². The summed E-state index contributed by atoms with van der Waals surface area (Å²) < 4.78 is 5.45. The Kier molecular flexibility index (Phi) is 5.63. The normalized spacial score (nSPS) is 25.4. The van der Waals surface area contributed by atoms with Crippen LogP contribution < -0.4 is 26.1 Å². The van der Waals surface area contributed by atoms with Gasteiger partial charge >= 0.3 is 0 Å². The number of hydrogen-bond acceptors (Lipinski definition) is 8. The topological polar surface area (TPSA) is 114 Å². The Morgan fingerprint density at radius 1 is 1.30 bits per heavy atom. The molecule has 0 saturated carbocycles. The molecule has 3 heterocycles. The number of methoxy groups -OCH3 is 1. The summed E-state index contributed by atoms with van der Waals surface area (Å²) in [5.74, 6) is 0.792. The number of pyridine rings is 1. The molecule has 156 valence electrons. The van der Waals surface area contributed by atoms with Gasteiger partial charge in [0.25, 0.3) is 0 Å². The Balaban J connectivity index is 1.59. The summed E-state index contributed by atoms with van der Waals surface area (Å²) in [5.41, 5.74) is 4.22. The lowest BCUT2D eigenvalue weighted by molar-refractivity contribution is -0.131. The molecule has 0 aliphatic carbocycles. The second-order valence-corrected chi connectivity index (χ2v) is 7.63. The number of nitrogens with zero attached hydrogens (tertiary/aromatic N) is 3. The van der Waals surface area contributed by atoms with E-state index in [2.05, 4.69) is 26.4 Å². The van der Waals surface area contributed by atoms with E-state index in [1.54, 1.807) is 38.4 Å². The molecule has 4 unspecified atom stereocenters. The number of nitrogens with one attached hydrogen (secondary N) is 4. The number of anilines is 2. The van der Waals surface area contributed by atoms with Crippen molar-refractivity contribution in [3.05, 3.63) is 47.1 Å². The summed E-state index contributed by atoms with van der Waals surface area (Å²) in [5, 5.41) is 21.3. The molecule has 10 heteroatoms. The number of carbonyl (C=O) groups excluding carboxylic acids is 1. The fourth-order valence-corrected chi connectivity index (χ4v) is 4.24. The fourth-order valence-electron chi connectivity index (χ4n) is 3.98. The molecule has 4 atom stereocenters. The van der Waals surface area contributed by atoms with Gasteiger partial charge in [-0.2, -0.15) is 5.26 Å². The largest absolute Gasteiger partial charge is 0.493 e. The summed E-state index contributed by atoms with van der Waals surface area (Å²) in [7, 11) is 3.27. The first-order valence-electron chi connectivity index (χ1n) is 9.52. The maximum Gasteiger partial charge on any atom is 0.244 e. The van der Waals surface area contributed by atoms with Crippen molar-refractivity contribution in [2.45, 2.75) is 24.8 Å². The molecule has 0 bridgehead atoms. The SMILES string of the molecule is COc1c(Cl)cccc1NC1CC(Nc2cccc(C#N)n2)NC2NN(C)C(=O)C12. The van der Waals surface area contributed by atoms with Gasteiger partial charge in [-0.1, -0.05) is 23.7 Å². The number of rotatable bonds is 5. The third-order valence-corrected chi connectivity index (χ3v) is 5.61. The number of benzene rings is 1. The van der Waals surface area contributed by atoms with Crippen molar-refractivity contribution in [3.63, 3.8) is 0 Å². The predicted octanol–water partition coefficient (Wildman–Crippen LogP) is 1.75. The fraction of sp³-hybridized carbons (Fsp3) is 0.350. The highest BCUT2D eigenvalue weighted by Gasteiger charge is 2.48. The highest BCUT2D eigenvalue weighted by atomic mass is 35.5. The van der Waals surface area contributed by atoms with Gasteiger partial charge in [0.1, 0.15) is 17.6 Å². The maximum absolute atomic E-state index is 12.8. The number of hydrogen-bond donors (Lipinski definition) is 4. The molecule has 2 aliphatic rings. The van der Waals surface area contributed by atoms with Crippen molar-refractivity contribution in [2.24, 2.45) is 5.92 Å². The molecule has 4 N–H and O–H groups in total. The molecule has 2 aliphatic heterocycles. The lowest BCUT2D eigenvalue weighted by Crippen LogP contribution is -2.60. The van der Waals surface area contributed by atoms with Gasteiger partial charge < -0.3 is 15.4 Å². The minimum atomic E-state index is -0.324. The van der Waals surface area contributed by atoms with Crippen LogP contribution >= 0.6 is 11.6 Å². The summed E-state index contributed by atoms with van der Waals surface area (Å²) in [4.78, 5) is 17.0. The Morgan fingerprint density at radius 2 is 2.10 bits per heavy atom. The number of halogens is 1. The molecule has 1 aromatic carbocycles. The Hall–Kier alpha value is -3.06. The van der Waals surface area contributed by atoms with E-state index in [4.69, 9.17) is 21.6 Å². The van der Waals surface area contributed by atoms with E-state index in [1.165, 1.54) is 5.01 Å². The number of aromatic nitrogens is 1. The predicted molar refractivity (Wildman–Crippen MR) is 113 cm³/mol. The number of carbonyl (C=O) groups is 1. The van der Waals surface area contributed by atoms with Crippen LogP contribution in [-0.2, 0) is 4.79 Å². The van der Waals surface area contributed by atoms with Gasteiger partial charge in [-0.15, -0.1) is 0 Å². The number of amides is 1. The lowest BCUT2D eigenvalue weighted by Gasteiger charge is -2.39. The molecule has 1 aromatic heterocycles. The van der Waals surface area contributed by atoms with Crippen molar-refractivity contribution in [1.29, 1.82) is 5.26 Å². The van der Waals surface area contributed by atoms with Crippen molar-refractivity contribution in [3.8, 4) is 11.8 Å². The van der Waals surface area contributed by atoms with Crippen LogP contribution in [0.5, 0.6) is 5.75 Å². The van der Waals surface area contributed by atoms with E-state index in [0.717, 1.165) is 5.69 Å². The zero-order valence-corrected chi connectivity index (χ0v) is 17.3. The quantitative estimate of drug-likeness (QED) is 0.570. The maximum atomic E-state index is 12.8. The number of para-hydroxylation sites is 1. The van der Waals surface area contributed by atoms with E-state index in [0.29, 0.717) is 28.7 Å². The average molecular weight is 428 g/mol. The van der Waals surface area contributed by atoms with E-state index in [-0.39, 0.29) is 30.2 Å². The first-order valence-corrected chi connectivity index (χ1v) is 9.90. The van der Waals surface area contributed by atoms with Crippen molar-refractivity contribution < 1.29 is 9.53 Å². The molecule has 2 saturated heterocycles. The first kappa shape index (κ1) is 20.2. The van der Waals surface area contributed by atoms with Crippen molar-refractivity contribution in [1.82, 2.24) is 20.7 Å². The van der Waals surface area contributed by atoms with Crippen LogP contribution in [0.2, 0.25) is 5.02 Å². The molecule has 0 radical (unpaired) electrons. The highest BCUT2D eigenvalue weighted by Crippen LogP contribution is 2.36. The van der Waals surface area contributed by atoms with Crippen LogP contribution in [0.25, 0.3) is 0 Å². The summed E-state index contributed by atoms with van der Waals surface area (Å²) in [6.45, 7) is 0. The second-order valence-electron chi connectivity index (χ2n) is 7.22. The lowest BCUT2D eigenvalue weighted by atomic mass is 9.88. The summed E-state index contributed by atoms with van der Waals surface area (Å²) in [6.07, 6.45) is 0.119. The third-order valence-electron chi connectivity index (χ3n) is 5.31. The first-order chi connectivity index (χ1) is 14.5. The molecule has 2 aromatic rings. The van der Waals surface area contributed by atoms with Gasteiger partial charge in [-0.05, 0) is 24.3 Å². The van der Waals surface area contributed by atoms with Crippen LogP contribution in [0.1, 0.15) is 12.1 Å². The zero-order valence-electron chi connectivity index (χ0n) is 16.5. The van der Waals surface area contributed by atoms with Gasteiger partial charge in [0.05, 0.1) is 36.1 Å². The van der Waals surface area contributed by atoms with Gasteiger partial charge in [-0.25, -0.2) is 10.4 Å². The number of ether oxygens (including phenoxy) is 1. The number of piperidine rings is 1. The van der Waals surface area contributed by atoms with Crippen LogP contribution in [0.3, 0.4) is 0 Å². The third kappa shape index (κ3) is 3.85. The smallest absolute Gasteiger partial charge is 0.244 e. The second kappa shape index (κ2) is 8.36. The molecule has 1 amide bonds. The van der Waals surface area contributed by atoms with E-state index in [9.17, 15) is 4.79 Å². The van der Waals surface area contributed by atoms with E-state index >= 15 is 0 Å². The van der Waals surface area contributed by atoms with Gasteiger partial charge in [0.15, 0.2) is 5.75 Å². The minimum absolute atomic E-state index is 0.00551. The molecule has 30 heavy (non-hydrogen) atoms. The summed E-state index contributed by atoms with van der Waals surface area (Å²) >= 11 is 6.26. The van der Waals surface area contributed by atoms with Crippen molar-refractivity contribution >= 4 is 29.0 Å². The van der Waals surface area contributed by atoms with Crippen molar-refractivity contribution in [2.75, 3.05) is 24.8 Å². The molecular weight excluding hydrogens is 406 g/mol. The summed E-state index contributed by atoms with van der Waals surface area (Å²) in [6, 6.07) is 12.5. The molecule has 2 fully saturated rings. The number of nitriles is 1. The molecule has 4 rings (SSSR count). The van der Waals surface area contributed by atoms with Crippen LogP contribution in [-0.4, -0.2) is 48.4 Å².